The third kappa shape index (κ3) is 2.67. The van der Waals surface area contributed by atoms with Gasteiger partial charge in [0.15, 0.2) is 0 Å². The molecule has 2 rings (SSSR count). The van der Waals surface area contributed by atoms with Crippen LogP contribution in [-0.2, 0) is 0 Å². The highest BCUT2D eigenvalue weighted by Gasteiger charge is 2.11. The monoisotopic (exact) mass is 265 g/mol. The largest absolute Gasteiger partial charge is 0.320 e. The lowest BCUT2D eigenvalue weighted by atomic mass is 10.0. The molecule has 0 aliphatic carbocycles. The van der Waals surface area contributed by atoms with Crippen LogP contribution in [0.1, 0.15) is 32.9 Å². The van der Waals surface area contributed by atoms with Crippen molar-refractivity contribution in [3.8, 4) is 6.07 Å². The predicted octanol–water partition coefficient (Wildman–Crippen LogP) is 3.13. The van der Waals surface area contributed by atoms with Crippen molar-refractivity contribution in [3.05, 3.63) is 58.4 Å². The van der Waals surface area contributed by atoms with E-state index in [2.05, 4.69) is 10.3 Å². The van der Waals surface area contributed by atoms with E-state index in [0.29, 0.717) is 0 Å². The van der Waals surface area contributed by atoms with Gasteiger partial charge < -0.3 is 5.32 Å². The first-order valence-electron chi connectivity index (χ1n) is 6.28. The molecule has 0 aliphatic heterocycles. The maximum atomic E-state index is 12.1. The highest BCUT2D eigenvalue weighted by atomic mass is 16.1. The van der Waals surface area contributed by atoms with Crippen LogP contribution < -0.4 is 5.32 Å². The molecule has 4 heteroatoms. The fourth-order valence-electron chi connectivity index (χ4n) is 1.90. The highest BCUT2D eigenvalue weighted by molar-refractivity contribution is 6.03. The van der Waals surface area contributed by atoms with E-state index < -0.39 is 0 Å². The molecule has 2 aromatic rings. The minimum absolute atomic E-state index is 0.231. The quantitative estimate of drug-likeness (QED) is 0.907. The Labute approximate surface area is 118 Å². The molecular weight excluding hydrogens is 250 g/mol. The normalized spacial score (nSPS) is 9.90. The Morgan fingerprint density at radius 1 is 1.15 bits per heavy atom. The van der Waals surface area contributed by atoms with Crippen LogP contribution in [0.25, 0.3) is 0 Å². The van der Waals surface area contributed by atoms with E-state index in [-0.39, 0.29) is 17.3 Å². The Balaban J connectivity index is 2.28. The summed E-state index contributed by atoms with van der Waals surface area (Å²) in [6.07, 6.45) is 0. The maximum Gasteiger partial charge on any atom is 0.274 e. The number of hydrogen-bond acceptors (Lipinski definition) is 3. The number of anilines is 1. The molecule has 1 amide bonds. The number of carbonyl (C=O) groups excluding carboxylic acids is 1. The molecule has 0 atom stereocenters. The van der Waals surface area contributed by atoms with Gasteiger partial charge in [-0.2, -0.15) is 5.26 Å². The second-order valence-electron chi connectivity index (χ2n) is 4.65. The van der Waals surface area contributed by atoms with Crippen LogP contribution in [0, 0.1) is 32.1 Å². The molecule has 0 radical (unpaired) electrons. The van der Waals surface area contributed by atoms with Crippen molar-refractivity contribution in [2.24, 2.45) is 0 Å². The van der Waals surface area contributed by atoms with Gasteiger partial charge in [0.1, 0.15) is 17.5 Å². The standard InChI is InChI=1S/C16H15N3O/c1-10-7-8-14(12(3)11(10)2)19-16(20)15-6-4-5-13(9-17)18-15/h4-8H,1-3H3,(H,19,20). The fourth-order valence-corrected chi connectivity index (χ4v) is 1.90. The molecular formula is C16H15N3O. The number of nitrogens with zero attached hydrogens (tertiary/aromatic N) is 2. The highest BCUT2D eigenvalue weighted by Crippen LogP contribution is 2.21. The van der Waals surface area contributed by atoms with Crippen molar-refractivity contribution < 1.29 is 4.79 Å². The van der Waals surface area contributed by atoms with Gasteiger partial charge in [-0.1, -0.05) is 12.1 Å². The number of hydrogen-bond donors (Lipinski definition) is 1. The second kappa shape index (κ2) is 5.54. The molecule has 0 unspecified atom stereocenters. The molecule has 1 heterocycles. The van der Waals surface area contributed by atoms with Gasteiger partial charge in [0.25, 0.3) is 5.91 Å². The summed E-state index contributed by atoms with van der Waals surface area (Å²) < 4.78 is 0. The predicted molar refractivity (Wildman–Crippen MR) is 77.6 cm³/mol. The number of pyridine rings is 1. The molecule has 0 fully saturated rings. The summed E-state index contributed by atoms with van der Waals surface area (Å²) in [5, 5.41) is 11.6. The van der Waals surface area contributed by atoms with Gasteiger partial charge >= 0.3 is 0 Å². The van der Waals surface area contributed by atoms with Crippen molar-refractivity contribution in [2.75, 3.05) is 5.32 Å². The lowest BCUT2D eigenvalue weighted by Crippen LogP contribution is -2.15. The van der Waals surface area contributed by atoms with Gasteiger partial charge in [0, 0.05) is 5.69 Å². The third-order valence-electron chi connectivity index (χ3n) is 3.40. The van der Waals surface area contributed by atoms with Crippen LogP contribution in [0.5, 0.6) is 0 Å². The molecule has 1 N–H and O–H groups in total. The Kier molecular flexibility index (Phi) is 3.81. The maximum absolute atomic E-state index is 12.1. The summed E-state index contributed by atoms with van der Waals surface area (Å²) in [7, 11) is 0. The minimum Gasteiger partial charge on any atom is -0.320 e. The van der Waals surface area contributed by atoms with Crippen LogP contribution in [0.2, 0.25) is 0 Å². The molecule has 1 aromatic heterocycles. The fraction of sp³-hybridized carbons (Fsp3) is 0.188. The van der Waals surface area contributed by atoms with Crippen molar-refractivity contribution in [2.45, 2.75) is 20.8 Å². The Morgan fingerprint density at radius 3 is 2.60 bits per heavy atom. The Morgan fingerprint density at radius 2 is 1.90 bits per heavy atom. The van der Waals surface area contributed by atoms with Crippen molar-refractivity contribution in [3.63, 3.8) is 0 Å². The Bertz CT molecular complexity index is 714. The van der Waals surface area contributed by atoms with E-state index in [1.54, 1.807) is 18.2 Å². The smallest absolute Gasteiger partial charge is 0.274 e. The van der Waals surface area contributed by atoms with Crippen LogP contribution in [0.3, 0.4) is 0 Å². The lowest BCUT2D eigenvalue weighted by Gasteiger charge is -2.12. The van der Waals surface area contributed by atoms with Crippen molar-refractivity contribution in [1.82, 2.24) is 4.98 Å². The summed E-state index contributed by atoms with van der Waals surface area (Å²) in [4.78, 5) is 16.1. The average Bonchev–Trinajstić information content (AvgIpc) is 2.48. The number of aryl methyl sites for hydroxylation is 1. The van der Waals surface area contributed by atoms with Crippen LogP contribution in [-0.4, -0.2) is 10.9 Å². The molecule has 20 heavy (non-hydrogen) atoms. The van der Waals surface area contributed by atoms with E-state index in [0.717, 1.165) is 16.8 Å². The number of carbonyl (C=O) groups is 1. The van der Waals surface area contributed by atoms with Gasteiger partial charge in [-0.05, 0) is 55.7 Å². The summed E-state index contributed by atoms with van der Waals surface area (Å²) in [5.41, 5.74) is 4.61. The van der Waals surface area contributed by atoms with E-state index in [9.17, 15) is 4.79 Å². The summed E-state index contributed by atoms with van der Waals surface area (Å²) in [6.45, 7) is 6.03. The summed E-state index contributed by atoms with van der Waals surface area (Å²) >= 11 is 0. The van der Waals surface area contributed by atoms with Gasteiger partial charge in [-0.15, -0.1) is 0 Å². The van der Waals surface area contributed by atoms with Gasteiger partial charge in [-0.25, -0.2) is 4.98 Å². The molecule has 0 bridgehead atoms. The summed E-state index contributed by atoms with van der Waals surface area (Å²) in [5.74, 6) is -0.312. The molecule has 0 saturated carbocycles. The minimum atomic E-state index is -0.312. The molecule has 0 spiro atoms. The number of amides is 1. The lowest BCUT2D eigenvalue weighted by molar-refractivity contribution is 0.102. The van der Waals surface area contributed by atoms with E-state index in [1.165, 1.54) is 5.56 Å². The van der Waals surface area contributed by atoms with Gasteiger partial charge in [0.2, 0.25) is 0 Å². The third-order valence-corrected chi connectivity index (χ3v) is 3.40. The molecule has 4 nitrogen and oxygen atoms in total. The number of benzene rings is 1. The SMILES string of the molecule is Cc1ccc(NC(=O)c2cccc(C#N)n2)c(C)c1C. The van der Waals surface area contributed by atoms with Crippen LogP contribution in [0.4, 0.5) is 5.69 Å². The number of rotatable bonds is 2. The molecule has 0 saturated heterocycles. The number of aromatic nitrogens is 1. The first kappa shape index (κ1) is 13.8. The van der Waals surface area contributed by atoms with Crippen LogP contribution in [0.15, 0.2) is 30.3 Å². The zero-order chi connectivity index (χ0) is 14.7. The molecule has 1 aromatic carbocycles. The van der Waals surface area contributed by atoms with Crippen LogP contribution >= 0.6 is 0 Å². The van der Waals surface area contributed by atoms with Crippen molar-refractivity contribution >= 4 is 11.6 Å². The Hall–Kier alpha value is -2.67. The molecule has 0 aliphatic rings. The average molecular weight is 265 g/mol. The number of nitriles is 1. The molecule has 100 valence electrons. The first-order valence-corrected chi connectivity index (χ1v) is 6.28. The summed E-state index contributed by atoms with van der Waals surface area (Å²) in [6, 6.07) is 10.6. The second-order valence-corrected chi connectivity index (χ2v) is 4.65. The van der Waals surface area contributed by atoms with Gasteiger partial charge in [-0.3, -0.25) is 4.79 Å². The number of nitrogens with one attached hydrogen (secondary N) is 1. The first-order chi connectivity index (χ1) is 9.52. The zero-order valence-electron chi connectivity index (χ0n) is 11.7. The van der Waals surface area contributed by atoms with Crippen molar-refractivity contribution in [1.29, 1.82) is 5.26 Å². The van der Waals surface area contributed by atoms with Gasteiger partial charge in [0.05, 0.1) is 0 Å². The van der Waals surface area contributed by atoms with E-state index >= 15 is 0 Å². The van der Waals surface area contributed by atoms with E-state index in [4.69, 9.17) is 5.26 Å². The zero-order valence-corrected chi connectivity index (χ0v) is 11.7. The van der Waals surface area contributed by atoms with E-state index in [1.807, 2.05) is 39.0 Å². The topological polar surface area (TPSA) is 65.8 Å².